The highest BCUT2D eigenvalue weighted by Gasteiger charge is 2.36. The SMILES string of the molecule is CC1=NC(c2ccccc2)(c2ccccc2)N=N1. The summed E-state index contributed by atoms with van der Waals surface area (Å²) in [5.74, 6) is 0.711. The molecule has 0 bridgehead atoms. The number of rotatable bonds is 2. The second-order valence-corrected chi connectivity index (χ2v) is 4.26. The van der Waals surface area contributed by atoms with Gasteiger partial charge < -0.3 is 0 Å². The number of benzene rings is 2. The Labute approximate surface area is 106 Å². The molecule has 18 heavy (non-hydrogen) atoms. The second-order valence-electron chi connectivity index (χ2n) is 4.26. The van der Waals surface area contributed by atoms with Gasteiger partial charge in [0, 0.05) is 11.1 Å². The van der Waals surface area contributed by atoms with Crippen molar-refractivity contribution in [3.63, 3.8) is 0 Å². The van der Waals surface area contributed by atoms with E-state index in [1.807, 2.05) is 67.6 Å². The fraction of sp³-hybridized carbons (Fsp3) is 0.133. The molecule has 0 atom stereocenters. The molecule has 2 aromatic carbocycles. The molecule has 0 saturated heterocycles. The lowest BCUT2D eigenvalue weighted by Crippen LogP contribution is -2.20. The topological polar surface area (TPSA) is 37.1 Å². The Kier molecular flexibility index (Phi) is 2.52. The van der Waals surface area contributed by atoms with E-state index in [4.69, 9.17) is 0 Å². The zero-order chi connectivity index (χ0) is 12.4. The maximum atomic E-state index is 4.64. The molecule has 0 unspecified atom stereocenters. The number of nitrogens with zero attached hydrogens (tertiary/aromatic N) is 3. The summed E-state index contributed by atoms with van der Waals surface area (Å²) in [5.41, 5.74) is 1.38. The molecular weight excluding hydrogens is 222 g/mol. The third-order valence-corrected chi connectivity index (χ3v) is 3.02. The summed E-state index contributed by atoms with van der Waals surface area (Å²) >= 11 is 0. The molecule has 1 aliphatic heterocycles. The summed E-state index contributed by atoms with van der Waals surface area (Å²) in [7, 11) is 0. The van der Waals surface area contributed by atoms with Gasteiger partial charge in [-0.2, -0.15) is 0 Å². The maximum absolute atomic E-state index is 4.64. The van der Waals surface area contributed by atoms with Crippen molar-refractivity contribution in [1.82, 2.24) is 0 Å². The summed E-state index contributed by atoms with van der Waals surface area (Å²) < 4.78 is 0. The van der Waals surface area contributed by atoms with E-state index in [0.29, 0.717) is 5.84 Å². The van der Waals surface area contributed by atoms with Gasteiger partial charge in [0.25, 0.3) is 0 Å². The van der Waals surface area contributed by atoms with Gasteiger partial charge in [0.1, 0.15) is 5.84 Å². The highest BCUT2D eigenvalue weighted by atomic mass is 15.3. The van der Waals surface area contributed by atoms with Crippen molar-refractivity contribution in [1.29, 1.82) is 0 Å². The first-order chi connectivity index (χ1) is 8.81. The van der Waals surface area contributed by atoms with Gasteiger partial charge in [0.05, 0.1) is 0 Å². The third kappa shape index (κ3) is 1.64. The Balaban J connectivity index is 2.22. The van der Waals surface area contributed by atoms with Crippen LogP contribution in [-0.2, 0) is 5.66 Å². The summed E-state index contributed by atoms with van der Waals surface area (Å²) in [6.45, 7) is 1.87. The molecule has 0 N–H and O–H groups in total. The van der Waals surface area contributed by atoms with Crippen molar-refractivity contribution in [2.45, 2.75) is 12.6 Å². The highest BCUT2D eigenvalue weighted by molar-refractivity contribution is 5.82. The van der Waals surface area contributed by atoms with Crippen molar-refractivity contribution in [3.05, 3.63) is 71.8 Å². The Bertz CT molecular complexity index is 561. The number of hydrogen-bond donors (Lipinski definition) is 0. The van der Waals surface area contributed by atoms with Crippen molar-refractivity contribution in [3.8, 4) is 0 Å². The fourth-order valence-electron chi connectivity index (χ4n) is 2.18. The van der Waals surface area contributed by atoms with Crippen LogP contribution in [0.3, 0.4) is 0 Å². The largest absolute Gasteiger partial charge is 0.228 e. The molecule has 0 aliphatic carbocycles. The van der Waals surface area contributed by atoms with Crippen LogP contribution in [-0.4, -0.2) is 5.84 Å². The third-order valence-electron chi connectivity index (χ3n) is 3.02. The zero-order valence-corrected chi connectivity index (χ0v) is 10.1. The van der Waals surface area contributed by atoms with Crippen LogP contribution >= 0.6 is 0 Å². The Morgan fingerprint density at radius 3 is 1.67 bits per heavy atom. The first-order valence-corrected chi connectivity index (χ1v) is 5.92. The van der Waals surface area contributed by atoms with E-state index in [1.165, 1.54) is 0 Å². The minimum Gasteiger partial charge on any atom is -0.228 e. The summed E-state index contributed by atoms with van der Waals surface area (Å²) in [6, 6.07) is 20.1. The van der Waals surface area contributed by atoms with Crippen molar-refractivity contribution < 1.29 is 0 Å². The summed E-state index contributed by atoms with van der Waals surface area (Å²) in [6.07, 6.45) is 0. The van der Waals surface area contributed by atoms with E-state index < -0.39 is 5.66 Å². The minimum absolute atomic E-state index is 0.702. The zero-order valence-electron chi connectivity index (χ0n) is 10.1. The molecule has 0 radical (unpaired) electrons. The normalized spacial score (nSPS) is 16.6. The molecule has 3 heteroatoms. The number of hydrogen-bond acceptors (Lipinski definition) is 3. The van der Waals surface area contributed by atoms with Crippen LogP contribution in [0.4, 0.5) is 0 Å². The number of azo groups is 1. The van der Waals surface area contributed by atoms with Crippen LogP contribution in [0.15, 0.2) is 75.9 Å². The molecule has 0 aromatic heterocycles. The average molecular weight is 235 g/mol. The minimum atomic E-state index is -0.702. The second kappa shape index (κ2) is 4.18. The monoisotopic (exact) mass is 235 g/mol. The number of amidine groups is 1. The van der Waals surface area contributed by atoms with Gasteiger partial charge in [0.15, 0.2) is 0 Å². The predicted octanol–water partition coefficient (Wildman–Crippen LogP) is 3.77. The molecule has 0 fully saturated rings. The van der Waals surface area contributed by atoms with Crippen LogP contribution in [0, 0.1) is 0 Å². The van der Waals surface area contributed by atoms with Gasteiger partial charge in [-0.25, -0.2) is 4.99 Å². The first kappa shape index (κ1) is 10.8. The Morgan fingerprint density at radius 2 is 1.28 bits per heavy atom. The molecule has 0 spiro atoms. The molecule has 88 valence electrons. The standard InChI is InChI=1S/C15H13N3/c1-12-16-15(18-17-12,13-8-4-2-5-9-13)14-10-6-3-7-11-14/h2-11H,1H3. The van der Waals surface area contributed by atoms with E-state index >= 15 is 0 Å². The lowest BCUT2D eigenvalue weighted by Gasteiger charge is -2.22. The molecule has 2 aromatic rings. The van der Waals surface area contributed by atoms with Crippen molar-refractivity contribution in [2.75, 3.05) is 0 Å². The van der Waals surface area contributed by atoms with Gasteiger partial charge >= 0.3 is 0 Å². The van der Waals surface area contributed by atoms with E-state index in [9.17, 15) is 0 Å². The summed E-state index contributed by atoms with van der Waals surface area (Å²) in [4.78, 5) is 4.64. The van der Waals surface area contributed by atoms with Crippen molar-refractivity contribution >= 4 is 5.84 Å². The summed E-state index contributed by atoms with van der Waals surface area (Å²) in [5, 5.41) is 8.53. The van der Waals surface area contributed by atoms with Gasteiger partial charge in [-0.05, 0) is 6.92 Å². The lowest BCUT2D eigenvalue weighted by molar-refractivity contribution is 0.571. The first-order valence-electron chi connectivity index (χ1n) is 5.92. The van der Waals surface area contributed by atoms with Gasteiger partial charge in [-0.3, -0.25) is 0 Å². The van der Waals surface area contributed by atoms with E-state index in [0.717, 1.165) is 11.1 Å². The number of aliphatic imine (C=N–C) groups is 1. The molecule has 3 rings (SSSR count). The molecule has 0 saturated carbocycles. The van der Waals surface area contributed by atoms with E-state index in [1.54, 1.807) is 0 Å². The quantitative estimate of drug-likeness (QED) is 0.759. The average Bonchev–Trinajstić information content (AvgIpc) is 2.84. The van der Waals surface area contributed by atoms with Crippen LogP contribution in [0.25, 0.3) is 0 Å². The fourth-order valence-corrected chi connectivity index (χ4v) is 2.18. The van der Waals surface area contributed by atoms with Gasteiger partial charge in [0.2, 0.25) is 5.66 Å². The van der Waals surface area contributed by atoms with E-state index in [2.05, 4.69) is 15.2 Å². The van der Waals surface area contributed by atoms with Crippen LogP contribution < -0.4 is 0 Å². The molecular formula is C15H13N3. The highest BCUT2D eigenvalue weighted by Crippen LogP contribution is 2.38. The molecule has 3 nitrogen and oxygen atoms in total. The van der Waals surface area contributed by atoms with Crippen molar-refractivity contribution in [2.24, 2.45) is 15.2 Å². The van der Waals surface area contributed by atoms with Crippen LogP contribution in [0.2, 0.25) is 0 Å². The maximum Gasteiger partial charge on any atom is 0.223 e. The smallest absolute Gasteiger partial charge is 0.223 e. The predicted molar refractivity (Wildman–Crippen MR) is 71.6 cm³/mol. The van der Waals surface area contributed by atoms with Crippen LogP contribution in [0.5, 0.6) is 0 Å². The van der Waals surface area contributed by atoms with Gasteiger partial charge in [-0.15, -0.1) is 10.2 Å². The van der Waals surface area contributed by atoms with Crippen LogP contribution in [0.1, 0.15) is 18.1 Å². The molecule has 1 aliphatic rings. The van der Waals surface area contributed by atoms with Gasteiger partial charge in [-0.1, -0.05) is 60.7 Å². The molecule has 1 heterocycles. The van der Waals surface area contributed by atoms with E-state index in [-0.39, 0.29) is 0 Å². The Hall–Kier alpha value is -2.29. The lowest BCUT2D eigenvalue weighted by atomic mass is 9.92. The Morgan fingerprint density at radius 1 is 0.778 bits per heavy atom. The molecule has 0 amide bonds.